The van der Waals surface area contributed by atoms with E-state index in [0.29, 0.717) is 65.4 Å². The maximum absolute atomic E-state index is 11.8. The number of Topliss-reactive ketones (excluding diaryl/α,β-unsaturated/α-hetero) is 2. The molecule has 1 amide bonds. The molecule has 1 atom stereocenters. The molecule has 0 fully saturated rings. The Balaban J connectivity index is 3.41. The molecular formula is C25H47N3O9. The third-order valence-electron chi connectivity index (χ3n) is 5.32. The van der Waals surface area contributed by atoms with Crippen molar-refractivity contribution in [3.63, 3.8) is 0 Å². The van der Waals surface area contributed by atoms with Gasteiger partial charge in [-0.25, -0.2) is 0 Å². The number of aliphatic carboxylic acids is 1. The topological polar surface area (TPSA) is 176 Å². The van der Waals surface area contributed by atoms with Crippen LogP contribution in [0.2, 0.25) is 0 Å². The number of rotatable bonds is 28. The summed E-state index contributed by atoms with van der Waals surface area (Å²) in [6.45, 7) is 3.00. The number of carbonyl (C=O) groups excluding carboxylic acids is 3. The first kappa shape index (κ1) is 35.0. The molecular weight excluding hydrogens is 486 g/mol. The molecule has 0 radical (unpaired) electrons. The lowest BCUT2D eigenvalue weighted by molar-refractivity contribution is -0.139. The summed E-state index contributed by atoms with van der Waals surface area (Å²) in [6, 6.07) is -0.712. The van der Waals surface area contributed by atoms with Gasteiger partial charge in [0.1, 0.15) is 25.0 Å². The molecule has 0 saturated carbocycles. The summed E-state index contributed by atoms with van der Waals surface area (Å²) >= 11 is 0. The van der Waals surface area contributed by atoms with E-state index >= 15 is 0 Å². The van der Waals surface area contributed by atoms with E-state index in [1.165, 1.54) is 0 Å². The molecule has 0 rings (SSSR count). The molecule has 0 aromatic rings. The van der Waals surface area contributed by atoms with Gasteiger partial charge < -0.3 is 40.4 Å². The van der Waals surface area contributed by atoms with Crippen molar-refractivity contribution in [3.05, 3.63) is 0 Å². The number of nitrogens with one attached hydrogen (secondary N) is 2. The number of carboxylic acids is 1. The summed E-state index contributed by atoms with van der Waals surface area (Å²) in [5.41, 5.74) is 5.43. The molecule has 5 N–H and O–H groups in total. The molecule has 0 aliphatic carbocycles. The lowest BCUT2D eigenvalue weighted by Crippen LogP contribution is -2.34. The molecule has 0 saturated heterocycles. The molecule has 37 heavy (non-hydrogen) atoms. The average Bonchev–Trinajstić information content (AvgIpc) is 2.87. The zero-order valence-electron chi connectivity index (χ0n) is 22.3. The third kappa shape index (κ3) is 24.1. The fraction of sp³-hybridized carbons (Fsp3) is 0.840. The van der Waals surface area contributed by atoms with Crippen LogP contribution in [0.15, 0.2) is 0 Å². The normalized spacial score (nSPS) is 11.8. The second-order valence-corrected chi connectivity index (χ2v) is 8.53. The smallest absolute Gasteiger partial charge is 0.320 e. The van der Waals surface area contributed by atoms with Gasteiger partial charge in [-0.2, -0.15) is 0 Å². The average molecular weight is 534 g/mol. The maximum atomic E-state index is 11.8. The van der Waals surface area contributed by atoms with E-state index in [0.717, 1.165) is 25.7 Å². The van der Waals surface area contributed by atoms with Crippen LogP contribution < -0.4 is 16.4 Å². The van der Waals surface area contributed by atoms with Crippen LogP contribution in [0, 0.1) is 0 Å². The molecule has 12 heteroatoms. The van der Waals surface area contributed by atoms with E-state index < -0.39 is 12.0 Å². The Labute approximate surface area is 220 Å². The molecule has 0 spiro atoms. The monoisotopic (exact) mass is 533 g/mol. The summed E-state index contributed by atoms with van der Waals surface area (Å²) in [5, 5.41) is 14.3. The quantitative estimate of drug-likeness (QED) is 0.103. The number of hydrogen-bond donors (Lipinski definition) is 4. The van der Waals surface area contributed by atoms with Gasteiger partial charge in [0, 0.05) is 32.4 Å². The van der Waals surface area contributed by atoms with E-state index in [2.05, 4.69) is 10.6 Å². The molecule has 216 valence electrons. The Hall–Kier alpha value is -1.96. The zero-order chi connectivity index (χ0) is 27.6. The van der Waals surface area contributed by atoms with Crippen LogP contribution in [0.4, 0.5) is 0 Å². The van der Waals surface area contributed by atoms with Crippen LogP contribution >= 0.6 is 0 Å². The first-order chi connectivity index (χ1) is 17.9. The molecule has 0 aliphatic heterocycles. The Morgan fingerprint density at radius 3 is 2.03 bits per heavy atom. The third-order valence-corrected chi connectivity index (χ3v) is 5.32. The van der Waals surface area contributed by atoms with Crippen molar-refractivity contribution < 1.29 is 43.2 Å². The van der Waals surface area contributed by atoms with Gasteiger partial charge >= 0.3 is 5.97 Å². The number of nitrogens with two attached hydrogens (primary N) is 1. The van der Waals surface area contributed by atoms with Crippen molar-refractivity contribution in [1.82, 2.24) is 10.6 Å². The highest BCUT2D eigenvalue weighted by atomic mass is 16.5. The van der Waals surface area contributed by atoms with E-state index in [4.69, 9.17) is 29.8 Å². The number of ether oxygens (including phenoxy) is 4. The Bertz CT molecular complexity index is 620. The van der Waals surface area contributed by atoms with Gasteiger partial charge in [0.15, 0.2) is 5.78 Å². The Kier molecular flexibility index (Phi) is 24.3. The number of carbonyl (C=O) groups is 4. The Morgan fingerprint density at radius 2 is 1.35 bits per heavy atom. The second kappa shape index (κ2) is 25.7. The van der Waals surface area contributed by atoms with Crippen LogP contribution in [0.5, 0.6) is 0 Å². The van der Waals surface area contributed by atoms with Gasteiger partial charge in [0.2, 0.25) is 5.91 Å². The summed E-state index contributed by atoms with van der Waals surface area (Å²) in [7, 11) is 1.55. The minimum absolute atomic E-state index is 0.00457. The van der Waals surface area contributed by atoms with Crippen molar-refractivity contribution in [1.29, 1.82) is 0 Å². The lowest BCUT2D eigenvalue weighted by atomic mass is 10.1. The van der Waals surface area contributed by atoms with Crippen molar-refractivity contribution in [3.8, 4) is 0 Å². The van der Waals surface area contributed by atoms with Crippen LogP contribution in [0.1, 0.15) is 57.8 Å². The highest BCUT2D eigenvalue weighted by molar-refractivity contribution is 5.80. The van der Waals surface area contributed by atoms with E-state index in [-0.39, 0.29) is 50.1 Å². The second-order valence-electron chi connectivity index (χ2n) is 8.53. The van der Waals surface area contributed by atoms with E-state index in [9.17, 15) is 19.2 Å². The molecule has 0 heterocycles. The van der Waals surface area contributed by atoms with Crippen LogP contribution in [-0.2, 0) is 38.1 Å². The van der Waals surface area contributed by atoms with Gasteiger partial charge in [0.05, 0.1) is 33.0 Å². The van der Waals surface area contributed by atoms with Crippen molar-refractivity contribution >= 4 is 23.4 Å². The maximum Gasteiger partial charge on any atom is 0.320 e. The fourth-order valence-corrected chi connectivity index (χ4v) is 3.19. The van der Waals surface area contributed by atoms with Crippen LogP contribution in [0.3, 0.4) is 0 Å². The number of unbranched alkanes of at least 4 members (excludes halogenated alkanes) is 3. The molecule has 0 aliphatic rings. The highest BCUT2D eigenvalue weighted by Crippen LogP contribution is 2.04. The number of likely N-dealkylation sites (N-methyl/N-ethyl adjacent to an activating group) is 1. The Morgan fingerprint density at radius 1 is 0.730 bits per heavy atom. The van der Waals surface area contributed by atoms with Crippen molar-refractivity contribution in [2.24, 2.45) is 5.73 Å². The minimum Gasteiger partial charge on any atom is -0.480 e. The minimum atomic E-state index is -0.965. The summed E-state index contributed by atoms with van der Waals surface area (Å²) in [6.07, 6.45) is 5.82. The van der Waals surface area contributed by atoms with Gasteiger partial charge in [-0.1, -0.05) is 12.8 Å². The molecule has 0 unspecified atom stereocenters. The predicted molar refractivity (Wildman–Crippen MR) is 137 cm³/mol. The van der Waals surface area contributed by atoms with E-state index in [1.54, 1.807) is 7.05 Å². The van der Waals surface area contributed by atoms with Gasteiger partial charge in [-0.15, -0.1) is 0 Å². The summed E-state index contributed by atoms with van der Waals surface area (Å²) in [5.74, 6) is -1.13. The first-order valence-electron chi connectivity index (χ1n) is 13.1. The number of carboxylic acid groups (broad SMARTS) is 1. The molecule has 0 aromatic carbocycles. The number of hydrogen-bond acceptors (Lipinski definition) is 10. The fourth-order valence-electron chi connectivity index (χ4n) is 3.19. The zero-order valence-corrected chi connectivity index (χ0v) is 22.3. The molecule has 0 bridgehead atoms. The van der Waals surface area contributed by atoms with Crippen molar-refractivity contribution in [2.75, 3.05) is 73.0 Å². The summed E-state index contributed by atoms with van der Waals surface area (Å²) < 4.78 is 21.3. The summed E-state index contributed by atoms with van der Waals surface area (Å²) in [4.78, 5) is 46.0. The van der Waals surface area contributed by atoms with Crippen molar-refractivity contribution in [2.45, 2.75) is 63.8 Å². The van der Waals surface area contributed by atoms with E-state index in [1.807, 2.05) is 0 Å². The predicted octanol–water partition coefficient (Wildman–Crippen LogP) is 0.449. The van der Waals surface area contributed by atoms with Gasteiger partial charge in [0.25, 0.3) is 0 Å². The first-order valence-corrected chi connectivity index (χ1v) is 13.1. The number of ketones is 2. The van der Waals surface area contributed by atoms with Crippen LogP contribution in [0.25, 0.3) is 0 Å². The molecule has 12 nitrogen and oxygen atoms in total. The van der Waals surface area contributed by atoms with Gasteiger partial charge in [-0.3, -0.25) is 19.2 Å². The number of amides is 1. The highest BCUT2D eigenvalue weighted by Gasteiger charge is 2.16. The van der Waals surface area contributed by atoms with Gasteiger partial charge in [-0.05, 0) is 39.3 Å². The lowest BCUT2D eigenvalue weighted by Gasteiger charge is -2.10. The molecule has 0 aromatic heterocycles. The van der Waals surface area contributed by atoms with Crippen LogP contribution in [-0.4, -0.2) is 108 Å². The largest absolute Gasteiger partial charge is 0.480 e. The SMILES string of the molecule is CN[C@@H](CCC(=O)CCCOCCOCC(=O)NCCOCCOCC(=O)CCCCCCN)C(=O)O. The standard InChI is InChI=1S/C25H47N3O9/c1-27-23(25(32)33)10-9-21(29)8-6-13-34-15-18-37-20-24(31)28-12-14-35-16-17-36-19-22(30)7-4-2-3-5-11-26/h23,27H,2-20,26H2,1H3,(H,28,31)(H,32,33)/t23-/m0/s1.